The number of benzene rings is 4. The van der Waals surface area contributed by atoms with Gasteiger partial charge in [-0.2, -0.15) is 0 Å². The molecule has 6 heteroatoms. The van der Waals surface area contributed by atoms with Crippen LogP contribution in [0, 0.1) is 27.7 Å². The van der Waals surface area contributed by atoms with Crippen LogP contribution in [0.4, 0.5) is 0 Å². The minimum atomic E-state index is -3.86. The summed E-state index contributed by atoms with van der Waals surface area (Å²) in [6.45, 7) is 8.17. The molecule has 0 bridgehead atoms. The first kappa shape index (κ1) is 26.4. The summed E-state index contributed by atoms with van der Waals surface area (Å²) in [4.78, 5) is 0.288. The van der Waals surface area contributed by atoms with Gasteiger partial charge in [0.2, 0.25) is 0 Å². The number of aryl methyl sites for hydroxylation is 4. The van der Waals surface area contributed by atoms with Gasteiger partial charge in [0.1, 0.15) is 0 Å². The van der Waals surface area contributed by atoms with Gasteiger partial charge in [-0.05, 0) is 0 Å². The van der Waals surface area contributed by atoms with Crippen molar-refractivity contribution in [3.63, 3.8) is 0 Å². The third-order valence-corrected chi connectivity index (χ3v) is 12.3. The van der Waals surface area contributed by atoms with E-state index in [1.54, 1.807) is 15.2 Å². The first-order chi connectivity index (χ1) is 17.2. The summed E-state index contributed by atoms with van der Waals surface area (Å²) in [5.74, 6) is 0. The molecule has 4 aromatic carbocycles. The summed E-state index contributed by atoms with van der Waals surface area (Å²) in [7, 11) is -3.86. The van der Waals surface area contributed by atoms with E-state index < -0.39 is 39.5 Å². The molecule has 0 heterocycles. The van der Waals surface area contributed by atoms with Gasteiger partial charge in [0, 0.05) is 0 Å². The van der Waals surface area contributed by atoms with Gasteiger partial charge in [0.25, 0.3) is 0 Å². The van der Waals surface area contributed by atoms with Crippen LogP contribution >= 0.6 is 0 Å². The van der Waals surface area contributed by atoms with Crippen LogP contribution in [0.15, 0.2) is 102 Å². The molecular formula is C30H33N2O2RuS. The number of nitrogens with two attached hydrogens (primary N) is 1. The van der Waals surface area contributed by atoms with Crippen LogP contribution in [0.25, 0.3) is 0 Å². The van der Waals surface area contributed by atoms with Crippen molar-refractivity contribution in [2.75, 3.05) is 0 Å². The predicted octanol–water partition coefficient (Wildman–Crippen LogP) is 5.41. The number of hydrogen-bond donors (Lipinski definition) is 1. The molecule has 0 spiro atoms. The molecule has 36 heavy (non-hydrogen) atoms. The molecule has 0 fully saturated rings. The molecule has 2 unspecified atom stereocenters. The summed E-state index contributed by atoms with van der Waals surface area (Å²) in [6, 6.07) is 29.8. The van der Waals surface area contributed by atoms with Crippen molar-refractivity contribution >= 4 is 14.2 Å². The molecule has 2 N–H and O–H groups in total. The molecule has 0 aliphatic rings. The van der Waals surface area contributed by atoms with Gasteiger partial charge in [-0.25, -0.2) is 0 Å². The average molecular weight is 587 g/mol. The normalized spacial score (nSPS) is 13.6. The first-order valence-corrected chi connectivity index (χ1v) is 15.1. The van der Waals surface area contributed by atoms with E-state index in [4.69, 9.17) is 5.73 Å². The molecule has 189 valence electrons. The van der Waals surface area contributed by atoms with Crippen molar-refractivity contribution in [1.29, 1.82) is 0 Å². The average Bonchev–Trinajstić information content (AvgIpc) is 2.86. The number of rotatable bonds is 8. The van der Waals surface area contributed by atoms with Crippen LogP contribution in [-0.4, -0.2) is 11.5 Å². The van der Waals surface area contributed by atoms with Gasteiger partial charge >= 0.3 is 224 Å². The van der Waals surface area contributed by atoms with Crippen LogP contribution in [0.5, 0.6) is 0 Å². The van der Waals surface area contributed by atoms with Crippen LogP contribution in [0.1, 0.15) is 45.5 Å². The molecule has 0 aliphatic heterocycles. The molecule has 4 nitrogen and oxygen atoms in total. The second kappa shape index (κ2) is 11.2. The fourth-order valence-electron chi connectivity index (χ4n) is 4.40. The molecule has 0 radical (unpaired) electrons. The van der Waals surface area contributed by atoms with Crippen LogP contribution in [0.3, 0.4) is 0 Å². The van der Waals surface area contributed by atoms with Crippen LogP contribution in [-0.2, 0) is 27.4 Å². The van der Waals surface area contributed by atoms with E-state index in [9.17, 15) is 8.42 Å². The fraction of sp³-hybridized carbons (Fsp3) is 0.200. The summed E-state index contributed by atoms with van der Waals surface area (Å²) < 4.78 is 31.6. The molecule has 0 saturated carbocycles. The maximum atomic E-state index is 14.4. The summed E-state index contributed by atoms with van der Waals surface area (Å²) in [6.07, 6.45) is 0. The van der Waals surface area contributed by atoms with Gasteiger partial charge in [-0.3, -0.25) is 0 Å². The van der Waals surface area contributed by atoms with Crippen molar-refractivity contribution < 1.29 is 25.8 Å². The van der Waals surface area contributed by atoms with Crippen molar-refractivity contribution in [2.45, 2.75) is 44.7 Å². The third-order valence-electron chi connectivity index (χ3n) is 6.18. The predicted molar refractivity (Wildman–Crippen MR) is 144 cm³/mol. The van der Waals surface area contributed by atoms with E-state index in [1.165, 1.54) is 5.56 Å². The fourth-order valence-corrected chi connectivity index (χ4v) is 9.55. The second-order valence-electron chi connectivity index (χ2n) is 9.15. The molecular weight excluding hydrogens is 553 g/mol. The van der Waals surface area contributed by atoms with Crippen molar-refractivity contribution in [1.82, 2.24) is 3.05 Å². The topological polar surface area (TPSA) is 63.4 Å². The monoisotopic (exact) mass is 587 g/mol. The summed E-state index contributed by atoms with van der Waals surface area (Å²) in [5, 5.41) is 0. The van der Waals surface area contributed by atoms with Crippen LogP contribution in [0.2, 0.25) is 0 Å². The van der Waals surface area contributed by atoms with E-state index in [1.807, 2.05) is 79.7 Å². The standard InChI is InChI=1S/C21H21N2O2S.C9H11.Ru.H/c1-16-12-14-19(15-13-16)26(24,25)23-21(18-10-6-3-7-11-18)20(22)17-8-4-2-5-9-17;1-7-4-8(2)6-9(3)5-7;;/h2-15,20-21H,22H2,1H3;4-5H,1-3H3;;/q-1;;+1;. The Morgan fingerprint density at radius 3 is 1.72 bits per heavy atom. The van der Waals surface area contributed by atoms with Gasteiger partial charge in [0.05, 0.1) is 0 Å². The Morgan fingerprint density at radius 2 is 1.19 bits per heavy atom. The number of nitrogens with zero attached hydrogens (tertiary/aromatic N) is 1. The van der Waals surface area contributed by atoms with E-state index in [0.29, 0.717) is 0 Å². The van der Waals surface area contributed by atoms with Gasteiger partial charge in [-0.1, -0.05) is 0 Å². The zero-order valence-corrected chi connectivity index (χ0v) is 23.7. The van der Waals surface area contributed by atoms with E-state index in [0.717, 1.165) is 32.0 Å². The Morgan fingerprint density at radius 1 is 0.694 bits per heavy atom. The van der Waals surface area contributed by atoms with E-state index in [-0.39, 0.29) is 4.90 Å². The molecule has 0 aliphatic carbocycles. The Balaban J connectivity index is 1.94. The Kier molecular flexibility index (Phi) is 8.21. The van der Waals surface area contributed by atoms with Gasteiger partial charge in [-0.15, -0.1) is 0 Å². The van der Waals surface area contributed by atoms with Crippen molar-refractivity contribution in [2.24, 2.45) is 5.73 Å². The van der Waals surface area contributed by atoms with E-state index in [2.05, 4.69) is 32.9 Å². The number of sulfonamides is 1. The summed E-state index contributed by atoms with van der Waals surface area (Å²) in [5.41, 5.74) is 13.1. The zero-order valence-electron chi connectivity index (χ0n) is 21.0. The maximum absolute atomic E-state index is 14.4. The Labute approximate surface area is 223 Å². The Bertz CT molecular complexity index is 1400. The minimum absolute atomic E-state index is 0.288. The quantitative estimate of drug-likeness (QED) is 0.281. The molecule has 2 atom stereocenters. The second-order valence-corrected chi connectivity index (χ2v) is 13.8. The zero-order chi connectivity index (χ0) is 25.9. The first-order valence-electron chi connectivity index (χ1n) is 11.9. The van der Waals surface area contributed by atoms with Crippen molar-refractivity contribution in [3.05, 3.63) is 130 Å². The van der Waals surface area contributed by atoms with E-state index >= 15 is 0 Å². The molecule has 0 aromatic heterocycles. The third kappa shape index (κ3) is 5.68. The molecule has 0 saturated heterocycles. The molecule has 4 rings (SSSR count). The molecule has 0 amide bonds. The van der Waals surface area contributed by atoms with Gasteiger partial charge in [0.15, 0.2) is 0 Å². The van der Waals surface area contributed by atoms with Crippen LogP contribution < -0.4 is 9.89 Å². The number of hydrogen-bond acceptors (Lipinski definition) is 3. The summed E-state index contributed by atoms with van der Waals surface area (Å²) >= 11 is -1.14. The van der Waals surface area contributed by atoms with Crippen molar-refractivity contribution in [3.8, 4) is 0 Å². The van der Waals surface area contributed by atoms with Gasteiger partial charge < -0.3 is 0 Å². The Hall–Kier alpha value is -2.63. The SMILES string of the molecule is Cc1ccc(S(=O)(=O)[N]([RuH][c]2c(C)cc(C)cc2C)C(c2ccccc2)C(N)c2ccccc2)cc1. The molecule has 4 aromatic rings.